The molecular formula is C14H20ClNO. The number of aryl methyl sites for hydroxylation is 1. The molecule has 1 fully saturated rings. The van der Waals surface area contributed by atoms with E-state index in [4.69, 9.17) is 16.3 Å². The number of hydrogen-bond donors (Lipinski definition) is 1. The molecule has 0 saturated carbocycles. The Morgan fingerprint density at radius 2 is 2.12 bits per heavy atom. The van der Waals surface area contributed by atoms with Crippen molar-refractivity contribution in [2.45, 2.75) is 26.3 Å². The average Bonchev–Trinajstić information content (AvgIpc) is 2.35. The predicted octanol–water partition coefficient (Wildman–Crippen LogP) is 3.16. The lowest BCUT2D eigenvalue weighted by Crippen LogP contribution is -2.27. The van der Waals surface area contributed by atoms with E-state index in [1.165, 1.54) is 18.4 Å². The summed E-state index contributed by atoms with van der Waals surface area (Å²) in [7, 11) is 0. The summed E-state index contributed by atoms with van der Waals surface area (Å²) in [5, 5.41) is 4.36. The molecule has 1 aliphatic rings. The minimum absolute atomic E-state index is 0.768. The summed E-state index contributed by atoms with van der Waals surface area (Å²) in [6.07, 6.45) is 2.36. The lowest BCUT2D eigenvalue weighted by Gasteiger charge is -2.22. The Balaban J connectivity index is 1.75. The largest absolute Gasteiger partial charge is 0.381 e. The van der Waals surface area contributed by atoms with Crippen molar-refractivity contribution in [2.24, 2.45) is 5.92 Å². The zero-order valence-electron chi connectivity index (χ0n) is 10.3. The molecular weight excluding hydrogens is 234 g/mol. The van der Waals surface area contributed by atoms with Gasteiger partial charge in [0, 0.05) is 24.8 Å². The maximum absolute atomic E-state index is 6.10. The Morgan fingerprint density at radius 1 is 1.35 bits per heavy atom. The van der Waals surface area contributed by atoms with Gasteiger partial charge in [-0.05, 0) is 49.4 Å². The van der Waals surface area contributed by atoms with Crippen molar-refractivity contribution < 1.29 is 4.74 Å². The fourth-order valence-electron chi connectivity index (χ4n) is 2.12. The Hall–Kier alpha value is -0.570. The molecule has 0 aliphatic carbocycles. The third-order valence-electron chi connectivity index (χ3n) is 3.34. The number of hydrogen-bond acceptors (Lipinski definition) is 2. The fraction of sp³-hybridized carbons (Fsp3) is 0.571. The molecule has 94 valence electrons. The molecule has 1 aliphatic heterocycles. The van der Waals surface area contributed by atoms with Gasteiger partial charge in [0.05, 0.1) is 0 Å². The normalized spacial score (nSPS) is 17.3. The van der Waals surface area contributed by atoms with Crippen molar-refractivity contribution in [1.82, 2.24) is 5.32 Å². The van der Waals surface area contributed by atoms with Crippen molar-refractivity contribution in [3.8, 4) is 0 Å². The Morgan fingerprint density at radius 3 is 2.82 bits per heavy atom. The Kier molecular flexibility index (Phi) is 4.84. The number of nitrogens with one attached hydrogen (secondary N) is 1. The molecule has 2 nitrogen and oxygen atoms in total. The molecule has 0 unspecified atom stereocenters. The van der Waals surface area contributed by atoms with Crippen LogP contribution in [0.5, 0.6) is 0 Å². The second kappa shape index (κ2) is 6.39. The van der Waals surface area contributed by atoms with Gasteiger partial charge in [0.15, 0.2) is 0 Å². The van der Waals surface area contributed by atoms with Crippen LogP contribution in [0.2, 0.25) is 5.02 Å². The summed E-state index contributed by atoms with van der Waals surface area (Å²) in [6, 6.07) is 6.26. The van der Waals surface area contributed by atoms with Crippen LogP contribution in [0.25, 0.3) is 0 Å². The molecule has 0 spiro atoms. The SMILES string of the molecule is Cc1ccc(CNCC2CCOCC2)cc1Cl. The van der Waals surface area contributed by atoms with Crippen LogP contribution in [-0.2, 0) is 11.3 Å². The van der Waals surface area contributed by atoms with Crippen LogP contribution >= 0.6 is 11.6 Å². The minimum Gasteiger partial charge on any atom is -0.381 e. The summed E-state index contributed by atoms with van der Waals surface area (Å²) in [5.41, 5.74) is 2.40. The van der Waals surface area contributed by atoms with E-state index in [2.05, 4.69) is 17.4 Å². The topological polar surface area (TPSA) is 21.3 Å². The predicted molar refractivity (Wildman–Crippen MR) is 71.4 cm³/mol. The first-order chi connectivity index (χ1) is 8.25. The molecule has 0 aromatic heterocycles. The van der Waals surface area contributed by atoms with Crippen LogP contribution in [0.15, 0.2) is 18.2 Å². The summed E-state index contributed by atoms with van der Waals surface area (Å²) < 4.78 is 5.35. The van der Waals surface area contributed by atoms with Gasteiger partial charge in [-0.3, -0.25) is 0 Å². The third-order valence-corrected chi connectivity index (χ3v) is 3.75. The lowest BCUT2D eigenvalue weighted by atomic mass is 10.0. The maximum atomic E-state index is 6.10. The van der Waals surface area contributed by atoms with Crippen LogP contribution in [-0.4, -0.2) is 19.8 Å². The van der Waals surface area contributed by atoms with Crippen molar-refractivity contribution >= 4 is 11.6 Å². The first-order valence-corrected chi connectivity index (χ1v) is 6.67. The zero-order valence-corrected chi connectivity index (χ0v) is 11.1. The first-order valence-electron chi connectivity index (χ1n) is 6.29. The number of halogens is 1. The van der Waals surface area contributed by atoms with Gasteiger partial charge in [-0.15, -0.1) is 0 Å². The van der Waals surface area contributed by atoms with Gasteiger partial charge < -0.3 is 10.1 Å². The molecule has 2 rings (SSSR count). The van der Waals surface area contributed by atoms with Gasteiger partial charge in [-0.25, -0.2) is 0 Å². The van der Waals surface area contributed by atoms with Gasteiger partial charge in [0.25, 0.3) is 0 Å². The highest BCUT2D eigenvalue weighted by atomic mass is 35.5. The monoisotopic (exact) mass is 253 g/mol. The zero-order chi connectivity index (χ0) is 12.1. The van der Waals surface area contributed by atoms with E-state index in [1.54, 1.807) is 0 Å². The molecule has 1 aromatic rings. The van der Waals surface area contributed by atoms with Gasteiger partial charge in [0.1, 0.15) is 0 Å². The van der Waals surface area contributed by atoms with E-state index in [9.17, 15) is 0 Å². The van der Waals surface area contributed by atoms with Crippen molar-refractivity contribution in [1.29, 1.82) is 0 Å². The summed E-state index contributed by atoms with van der Waals surface area (Å²) in [6.45, 7) is 5.85. The number of benzene rings is 1. The third kappa shape index (κ3) is 3.98. The van der Waals surface area contributed by atoms with Gasteiger partial charge in [-0.1, -0.05) is 23.7 Å². The van der Waals surface area contributed by atoms with Crippen LogP contribution in [0.4, 0.5) is 0 Å². The van der Waals surface area contributed by atoms with E-state index >= 15 is 0 Å². The summed E-state index contributed by atoms with van der Waals surface area (Å²) in [4.78, 5) is 0. The molecule has 3 heteroatoms. The molecule has 17 heavy (non-hydrogen) atoms. The second-order valence-electron chi connectivity index (χ2n) is 4.77. The van der Waals surface area contributed by atoms with E-state index in [0.29, 0.717) is 0 Å². The van der Waals surface area contributed by atoms with Crippen molar-refractivity contribution in [2.75, 3.05) is 19.8 Å². The summed E-state index contributed by atoms with van der Waals surface area (Å²) in [5.74, 6) is 0.768. The molecule has 0 bridgehead atoms. The smallest absolute Gasteiger partial charge is 0.0469 e. The quantitative estimate of drug-likeness (QED) is 0.890. The van der Waals surface area contributed by atoms with Gasteiger partial charge >= 0.3 is 0 Å². The van der Waals surface area contributed by atoms with Crippen LogP contribution < -0.4 is 5.32 Å². The van der Waals surface area contributed by atoms with Crippen LogP contribution in [0.3, 0.4) is 0 Å². The molecule has 1 N–H and O–H groups in total. The van der Waals surface area contributed by atoms with Crippen molar-refractivity contribution in [3.05, 3.63) is 34.3 Å². The molecule has 1 aromatic carbocycles. The highest BCUT2D eigenvalue weighted by molar-refractivity contribution is 6.31. The number of ether oxygens (including phenoxy) is 1. The first kappa shape index (κ1) is 12.9. The fourth-order valence-corrected chi connectivity index (χ4v) is 2.32. The molecule has 0 amide bonds. The lowest BCUT2D eigenvalue weighted by molar-refractivity contribution is 0.0662. The highest BCUT2D eigenvalue weighted by Crippen LogP contribution is 2.17. The van der Waals surface area contributed by atoms with E-state index in [0.717, 1.165) is 42.8 Å². The van der Waals surface area contributed by atoms with Crippen LogP contribution in [0.1, 0.15) is 24.0 Å². The van der Waals surface area contributed by atoms with Gasteiger partial charge in [0.2, 0.25) is 0 Å². The average molecular weight is 254 g/mol. The van der Waals surface area contributed by atoms with Crippen LogP contribution in [0, 0.1) is 12.8 Å². The standard InChI is InChI=1S/C14H20ClNO/c1-11-2-3-13(8-14(11)15)10-16-9-12-4-6-17-7-5-12/h2-3,8,12,16H,4-7,9-10H2,1H3. The Labute approximate surface area is 108 Å². The number of rotatable bonds is 4. The van der Waals surface area contributed by atoms with E-state index in [1.807, 2.05) is 13.0 Å². The van der Waals surface area contributed by atoms with Gasteiger partial charge in [-0.2, -0.15) is 0 Å². The molecule has 0 radical (unpaired) electrons. The highest BCUT2D eigenvalue weighted by Gasteiger charge is 2.12. The molecule has 0 atom stereocenters. The summed E-state index contributed by atoms with van der Waals surface area (Å²) >= 11 is 6.10. The minimum atomic E-state index is 0.768. The molecule has 1 saturated heterocycles. The maximum Gasteiger partial charge on any atom is 0.0469 e. The van der Waals surface area contributed by atoms with E-state index < -0.39 is 0 Å². The molecule has 1 heterocycles. The second-order valence-corrected chi connectivity index (χ2v) is 5.18. The van der Waals surface area contributed by atoms with E-state index in [-0.39, 0.29) is 0 Å². The van der Waals surface area contributed by atoms with Crippen molar-refractivity contribution in [3.63, 3.8) is 0 Å². The Bertz CT molecular complexity index is 361.